The first-order valence-corrected chi connectivity index (χ1v) is 9.88. The van der Waals surface area contributed by atoms with Crippen molar-refractivity contribution in [3.8, 4) is 11.5 Å². The van der Waals surface area contributed by atoms with Crippen LogP contribution in [0.25, 0.3) is 0 Å². The third kappa shape index (κ3) is 8.89. The number of para-hydroxylation sites is 1. The van der Waals surface area contributed by atoms with Gasteiger partial charge in [0.15, 0.2) is 5.11 Å². The van der Waals surface area contributed by atoms with Gasteiger partial charge < -0.3 is 14.2 Å². The number of amides is 2. The average molecular weight is 432 g/mol. The zero-order valence-electron chi connectivity index (χ0n) is 16.7. The van der Waals surface area contributed by atoms with Crippen molar-refractivity contribution < 1.29 is 23.8 Å². The first-order valence-electron chi connectivity index (χ1n) is 9.47. The van der Waals surface area contributed by atoms with Crippen molar-refractivity contribution in [2.24, 2.45) is 0 Å². The molecule has 0 spiro atoms. The predicted octanol–water partition coefficient (Wildman–Crippen LogP) is 2.21. The highest BCUT2D eigenvalue weighted by atomic mass is 32.1. The fourth-order valence-corrected chi connectivity index (χ4v) is 2.39. The second kappa shape index (κ2) is 13.1. The summed E-state index contributed by atoms with van der Waals surface area (Å²) in [6.07, 6.45) is 0.190. The van der Waals surface area contributed by atoms with Crippen LogP contribution in [-0.2, 0) is 9.53 Å². The molecule has 0 atom stereocenters. The SMILES string of the molecule is CCOCCC(=O)NNC(=S)NC(=O)c1ccc(OCCOc2ccccc2)cc1. The standard InChI is InChI=1S/C21H25N3O5S/c1-2-27-13-12-19(25)23-24-21(30)22-20(26)16-8-10-18(11-9-16)29-15-14-28-17-6-4-3-5-7-17/h3-11H,2,12-15H2,1H3,(H,23,25)(H2,22,24,26,30). The van der Waals surface area contributed by atoms with Gasteiger partial charge in [0, 0.05) is 12.2 Å². The van der Waals surface area contributed by atoms with Gasteiger partial charge >= 0.3 is 0 Å². The van der Waals surface area contributed by atoms with Crippen molar-refractivity contribution in [1.82, 2.24) is 16.2 Å². The lowest BCUT2D eigenvalue weighted by Crippen LogP contribution is -2.48. The fourth-order valence-electron chi connectivity index (χ4n) is 2.24. The Kier molecular flexibility index (Phi) is 10.1. The maximum Gasteiger partial charge on any atom is 0.257 e. The van der Waals surface area contributed by atoms with Gasteiger partial charge in [0.25, 0.3) is 5.91 Å². The summed E-state index contributed by atoms with van der Waals surface area (Å²) in [7, 11) is 0. The highest BCUT2D eigenvalue weighted by Gasteiger charge is 2.09. The minimum absolute atomic E-state index is 0.0110. The number of nitrogens with one attached hydrogen (secondary N) is 3. The molecular formula is C21H25N3O5S. The number of benzene rings is 2. The van der Waals surface area contributed by atoms with E-state index in [0.717, 1.165) is 5.75 Å². The molecule has 2 aromatic carbocycles. The molecule has 0 aliphatic rings. The Hall–Kier alpha value is -3.17. The number of hydrazine groups is 1. The van der Waals surface area contributed by atoms with Crippen molar-refractivity contribution >= 4 is 29.1 Å². The molecular weight excluding hydrogens is 406 g/mol. The number of thiocarbonyl (C=S) groups is 1. The first-order chi connectivity index (χ1) is 14.6. The Labute approximate surface area is 180 Å². The van der Waals surface area contributed by atoms with Gasteiger partial charge in [0.1, 0.15) is 24.7 Å². The van der Waals surface area contributed by atoms with Crippen LogP contribution >= 0.6 is 12.2 Å². The summed E-state index contributed by atoms with van der Waals surface area (Å²) in [5.41, 5.74) is 5.26. The van der Waals surface area contributed by atoms with E-state index in [0.29, 0.717) is 37.7 Å². The molecule has 0 saturated carbocycles. The number of hydrogen-bond acceptors (Lipinski definition) is 6. The lowest BCUT2D eigenvalue weighted by molar-refractivity contribution is -0.122. The second-order valence-corrected chi connectivity index (χ2v) is 6.35. The van der Waals surface area contributed by atoms with Crippen molar-refractivity contribution in [3.05, 3.63) is 60.2 Å². The Bertz CT molecular complexity index is 815. The predicted molar refractivity (Wildman–Crippen MR) is 116 cm³/mol. The minimum atomic E-state index is -0.407. The van der Waals surface area contributed by atoms with Crippen molar-refractivity contribution in [2.75, 3.05) is 26.4 Å². The van der Waals surface area contributed by atoms with E-state index in [1.807, 2.05) is 37.3 Å². The molecule has 30 heavy (non-hydrogen) atoms. The molecule has 0 aromatic heterocycles. The minimum Gasteiger partial charge on any atom is -0.490 e. The molecule has 2 aromatic rings. The topological polar surface area (TPSA) is 97.9 Å². The zero-order chi connectivity index (χ0) is 21.6. The van der Waals surface area contributed by atoms with Gasteiger partial charge in [-0.05, 0) is 55.5 Å². The molecule has 0 heterocycles. The number of ether oxygens (including phenoxy) is 3. The van der Waals surface area contributed by atoms with Crippen molar-refractivity contribution in [2.45, 2.75) is 13.3 Å². The number of rotatable bonds is 10. The first kappa shape index (κ1) is 23.1. The molecule has 0 aliphatic carbocycles. The van der Waals surface area contributed by atoms with Crippen LogP contribution in [0.5, 0.6) is 11.5 Å². The van der Waals surface area contributed by atoms with Crippen LogP contribution in [0.1, 0.15) is 23.7 Å². The molecule has 8 nitrogen and oxygen atoms in total. The van der Waals surface area contributed by atoms with Gasteiger partial charge in [0.05, 0.1) is 13.0 Å². The van der Waals surface area contributed by atoms with Crippen molar-refractivity contribution in [1.29, 1.82) is 0 Å². The lowest BCUT2D eigenvalue weighted by Gasteiger charge is -2.11. The Morgan fingerprint density at radius 2 is 1.50 bits per heavy atom. The normalized spacial score (nSPS) is 10.0. The van der Waals surface area contributed by atoms with Gasteiger partial charge in [-0.1, -0.05) is 18.2 Å². The summed E-state index contributed by atoms with van der Waals surface area (Å²) < 4.78 is 16.2. The Morgan fingerprint density at radius 1 is 0.867 bits per heavy atom. The summed E-state index contributed by atoms with van der Waals surface area (Å²) in [6, 6.07) is 16.1. The van der Waals surface area contributed by atoms with E-state index in [4.69, 9.17) is 26.4 Å². The Balaban J connectivity index is 1.67. The number of carbonyl (C=O) groups excluding carboxylic acids is 2. The van der Waals surface area contributed by atoms with E-state index >= 15 is 0 Å². The van der Waals surface area contributed by atoms with Gasteiger partial charge in [-0.2, -0.15) is 0 Å². The molecule has 0 saturated heterocycles. The summed E-state index contributed by atoms with van der Waals surface area (Å²) in [5.74, 6) is 0.696. The molecule has 0 aliphatic heterocycles. The largest absolute Gasteiger partial charge is 0.490 e. The number of carbonyl (C=O) groups is 2. The van der Waals surface area contributed by atoms with Crippen molar-refractivity contribution in [3.63, 3.8) is 0 Å². The maximum atomic E-state index is 12.2. The van der Waals surface area contributed by atoms with Crippen LogP contribution in [-0.4, -0.2) is 43.4 Å². The highest BCUT2D eigenvalue weighted by Crippen LogP contribution is 2.13. The number of hydrogen-bond donors (Lipinski definition) is 3. The van der Waals surface area contributed by atoms with E-state index in [-0.39, 0.29) is 17.4 Å². The molecule has 0 unspecified atom stereocenters. The summed E-state index contributed by atoms with van der Waals surface area (Å²) in [4.78, 5) is 23.8. The maximum absolute atomic E-state index is 12.2. The average Bonchev–Trinajstić information content (AvgIpc) is 2.76. The summed E-state index contributed by atoms with van der Waals surface area (Å²) in [5, 5.41) is 2.47. The zero-order valence-corrected chi connectivity index (χ0v) is 17.5. The third-order valence-corrected chi connectivity index (χ3v) is 3.90. The van der Waals surface area contributed by atoms with Gasteiger partial charge in [-0.15, -0.1) is 0 Å². The highest BCUT2D eigenvalue weighted by molar-refractivity contribution is 7.80. The second-order valence-electron chi connectivity index (χ2n) is 5.94. The summed E-state index contributed by atoms with van der Waals surface area (Å²) in [6.45, 7) is 3.48. The van der Waals surface area contributed by atoms with Crippen LogP contribution in [0.15, 0.2) is 54.6 Å². The molecule has 2 rings (SSSR count). The monoisotopic (exact) mass is 431 g/mol. The van der Waals surface area contributed by atoms with E-state index in [1.165, 1.54) is 0 Å². The van der Waals surface area contributed by atoms with Crippen LogP contribution in [0.3, 0.4) is 0 Å². The molecule has 2 amide bonds. The van der Waals surface area contributed by atoms with E-state index < -0.39 is 5.91 Å². The fraction of sp³-hybridized carbons (Fsp3) is 0.286. The molecule has 3 N–H and O–H groups in total. The van der Waals surface area contributed by atoms with Crippen LogP contribution in [0.2, 0.25) is 0 Å². The molecule has 160 valence electrons. The smallest absolute Gasteiger partial charge is 0.257 e. The van der Waals surface area contributed by atoms with Gasteiger partial charge in [-0.25, -0.2) is 0 Å². The summed E-state index contributed by atoms with van der Waals surface area (Å²) >= 11 is 4.99. The molecule has 0 radical (unpaired) electrons. The van der Waals surface area contributed by atoms with Gasteiger partial charge in [0.2, 0.25) is 5.91 Å². The third-order valence-electron chi connectivity index (χ3n) is 3.70. The van der Waals surface area contributed by atoms with Crippen LogP contribution in [0, 0.1) is 0 Å². The molecule has 0 fully saturated rings. The van der Waals surface area contributed by atoms with Crippen LogP contribution < -0.4 is 25.6 Å². The Morgan fingerprint density at radius 3 is 2.13 bits per heavy atom. The molecule has 0 bridgehead atoms. The quantitative estimate of drug-likeness (QED) is 0.301. The van der Waals surface area contributed by atoms with E-state index in [9.17, 15) is 9.59 Å². The van der Waals surface area contributed by atoms with Crippen LogP contribution in [0.4, 0.5) is 0 Å². The van der Waals surface area contributed by atoms with E-state index in [2.05, 4.69) is 16.2 Å². The lowest BCUT2D eigenvalue weighted by atomic mass is 10.2. The molecule has 9 heteroatoms. The van der Waals surface area contributed by atoms with E-state index in [1.54, 1.807) is 24.3 Å². The van der Waals surface area contributed by atoms with Gasteiger partial charge in [-0.3, -0.25) is 25.8 Å².